The lowest BCUT2D eigenvalue weighted by Gasteiger charge is -2.11. The van der Waals surface area contributed by atoms with Crippen molar-refractivity contribution in [1.29, 1.82) is 0 Å². The van der Waals surface area contributed by atoms with Gasteiger partial charge in [0.1, 0.15) is 0 Å². The van der Waals surface area contributed by atoms with Crippen LogP contribution in [0.15, 0.2) is 42.5 Å². The smallest absolute Gasteiger partial charge is 0.0946 e. The highest BCUT2D eigenvalue weighted by molar-refractivity contribution is 7.75. The van der Waals surface area contributed by atoms with E-state index in [1.165, 1.54) is 16.3 Å². The van der Waals surface area contributed by atoms with Crippen molar-refractivity contribution >= 4 is 23.7 Å². The second-order valence-corrected chi connectivity index (χ2v) is 3.53. The SMILES string of the molecule is CC(OS)c1cccc2ccccc12. The average Bonchev–Trinajstić information content (AvgIpc) is 2.27. The molecule has 0 bridgehead atoms. The van der Waals surface area contributed by atoms with E-state index < -0.39 is 0 Å². The van der Waals surface area contributed by atoms with Crippen LogP contribution in [0.25, 0.3) is 10.8 Å². The number of hydrogen-bond acceptors (Lipinski definition) is 2. The molecule has 0 amide bonds. The zero-order chi connectivity index (χ0) is 9.97. The molecule has 72 valence electrons. The van der Waals surface area contributed by atoms with Crippen LogP contribution in [0.3, 0.4) is 0 Å². The first-order chi connectivity index (χ1) is 6.83. The summed E-state index contributed by atoms with van der Waals surface area (Å²) in [6.07, 6.45) is 0.0180. The fraction of sp³-hybridized carbons (Fsp3) is 0.167. The molecular formula is C12H12OS. The number of benzene rings is 2. The maximum atomic E-state index is 5.04. The zero-order valence-corrected chi connectivity index (χ0v) is 8.87. The molecule has 2 aromatic rings. The van der Waals surface area contributed by atoms with Gasteiger partial charge >= 0.3 is 0 Å². The Kier molecular flexibility index (Phi) is 2.75. The van der Waals surface area contributed by atoms with Crippen molar-refractivity contribution in [2.45, 2.75) is 13.0 Å². The van der Waals surface area contributed by atoms with Crippen LogP contribution in [-0.4, -0.2) is 0 Å². The average molecular weight is 204 g/mol. The van der Waals surface area contributed by atoms with E-state index in [0.29, 0.717) is 0 Å². The summed E-state index contributed by atoms with van der Waals surface area (Å²) >= 11 is 3.85. The molecule has 1 atom stereocenters. The van der Waals surface area contributed by atoms with Crippen molar-refractivity contribution in [1.82, 2.24) is 0 Å². The minimum Gasteiger partial charge on any atom is -0.311 e. The summed E-state index contributed by atoms with van der Waals surface area (Å²) in [4.78, 5) is 0. The molecule has 0 aliphatic heterocycles. The Hall–Kier alpha value is -0.990. The second-order valence-electron chi connectivity index (χ2n) is 3.32. The lowest BCUT2D eigenvalue weighted by Crippen LogP contribution is -1.93. The molecule has 1 unspecified atom stereocenters. The highest BCUT2D eigenvalue weighted by Crippen LogP contribution is 2.26. The van der Waals surface area contributed by atoms with Crippen LogP contribution in [0.2, 0.25) is 0 Å². The molecule has 0 aliphatic rings. The molecular weight excluding hydrogens is 192 g/mol. The van der Waals surface area contributed by atoms with Gasteiger partial charge < -0.3 is 4.18 Å². The van der Waals surface area contributed by atoms with Crippen molar-refractivity contribution in [3.8, 4) is 0 Å². The third-order valence-electron chi connectivity index (χ3n) is 2.42. The number of rotatable bonds is 2. The molecule has 0 fully saturated rings. The summed E-state index contributed by atoms with van der Waals surface area (Å²) in [5.41, 5.74) is 1.18. The fourth-order valence-electron chi connectivity index (χ4n) is 1.66. The third kappa shape index (κ3) is 1.63. The van der Waals surface area contributed by atoms with Crippen LogP contribution in [0.5, 0.6) is 0 Å². The first-order valence-electron chi connectivity index (χ1n) is 4.61. The maximum Gasteiger partial charge on any atom is 0.0946 e. The highest BCUT2D eigenvalue weighted by Gasteiger charge is 2.07. The molecule has 0 aromatic heterocycles. The van der Waals surface area contributed by atoms with Crippen LogP contribution in [0, 0.1) is 0 Å². The van der Waals surface area contributed by atoms with Crippen molar-refractivity contribution < 1.29 is 4.18 Å². The highest BCUT2D eigenvalue weighted by atomic mass is 32.1. The van der Waals surface area contributed by atoms with Gasteiger partial charge in [-0.3, -0.25) is 0 Å². The molecule has 0 spiro atoms. The van der Waals surface area contributed by atoms with Gasteiger partial charge in [-0.25, -0.2) is 0 Å². The molecule has 0 saturated carbocycles. The molecule has 2 rings (SSSR count). The predicted molar refractivity (Wildman–Crippen MR) is 62.4 cm³/mol. The van der Waals surface area contributed by atoms with E-state index in [9.17, 15) is 0 Å². The number of thiol groups is 1. The van der Waals surface area contributed by atoms with E-state index in [4.69, 9.17) is 4.18 Å². The van der Waals surface area contributed by atoms with Crippen molar-refractivity contribution in [3.63, 3.8) is 0 Å². The predicted octanol–water partition coefficient (Wildman–Crippen LogP) is 3.76. The van der Waals surface area contributed by atoms with Gasteiger partial charge in [0.25, 0.3) is 0 Å². The van der Waals surface area contributed by atoms with E-state index in [0.717, 1.165) is 0 Å². The molecule has 1 nitrogen and oxygen atoms in total. The van der Waals surface area contributed by atoms with Crippen LogP contribution in [0.1, 0.15) is 18.6 Å². The first kappa shape index (κ1) is 9.56. The lowest BCUT2D eigenvalue weighted by atomic mass is 10.0. The van der Waals surface area contributed by atoms with Crippen LogP contribution in [-0.2, 0) is 4.18 Å². The van der Waals surface area contributed by atoms with Crippen LogP contribution >= 0.6 is 12.9 Å². The number of hydrogen-bond donors (Lipinski definition) is 1. The van der Waals surface area contributed by atoms with Gasteiger partial charge in [0, 0.05) is 0 Å². The normalized spacial score (nSPS) is 13.0. The first-order valence-corrected chi connectivity index (χ1v) is 4.97. The molecule has 0 N–H and O–H groups in total. The fourth-order valence-corrected chi connectivity index (χ4v) is 1.78. The Morgan fingerprint density at radius 3 is 2.57 bits per heavy atom. The quantitative estimate of drug-likeness (QED) is 0.579. The zero-order valence-electron chi connectivity index (χ0n) is 7.97. The van der Waals surface area contributed by atoms with E-state index in [1.54, 1.807) is 0 Å². The van der Waals surface area contributed by atoms with Gasteiger partial charge in [-0.05, 0) is 36.2 Å². The molecule has 0 aliphatic carbocycles. The topological polar surface area (TPSA) is 9.23 Å². The van der Waals surface area contributed by atoms with Crippen molar-refractivity contribution in [3.05, 3.63) is 48.0 Å². The molecule has 2 heteroatoms. The Labute approximate surface area is 89.3 Å². The number of fused-ring (bicyclic) bond motifs is 1. The van der Waals surface area contributed by atoms with Crippen LogP contribution < -0.4 is 0 Å². The van der Waals surface area contributed by atoms with Crippen molar-refractivity contribution in [2.75, 3.05) is 0 Å². The summed E-state index contributed by atoms with van der Waals surface area (Å²) in [6, 6.07) is 14.5. The molecule has 0 radical (unpaired) electrons. The minimum absolute atomic E-state index is 0.0180. The van der Waals surface area contributed by atoms with Gasteiger partial charge in [0.2, 0.25) is 0 Å². The van der Waals surface area contributed by atoms with E-state index in [2.05, 4.69) is 37.2 Å². The summed E-state index contributed by atoms with van der Waals surface area (Å²) < 4.78 is 5.04. The largest absolute Gasteiger partial charge is 0.311 e. The van der Waals surface area contributed by atoms with Gasteiger partial charge in [-0.2, -0.15) is 0 Å². The standard InChI is InChI=1S/C12H12OS/c1-9(13-14)11-8-4-6-10-5-2-3-7-12(10)11/h2-9,14H,1H3. The molecule has 2 aromatic carbocycles. The Morgan fingerprint density at radius 1 is 1.07 bits per heavy atom. The summed E-state index contributed by atoms with van der Waals surface area (Å²) in [5.74, 6) is 0. The summed E-state index contributed by atoms with van der Waals surface area (Å²) in [6.45, 7) is 1.99. The molecule has 14 heavy (non-hydrogen) atoms. The van der Waals surface area contributed by atoms with Gasteiger partial charge in [0.05, 0.1) is 6.10 Å². The summed E-state index contributed by atoms with van der Waals surface area (Å²) in [7, 11) is 0. The molecule has 0 saturated heterocycles. The van der Waals surface area contributed by atoms with Gasteiger partial charge in [-0.15, -0.1) is 0 Å². The lowest BCUT2D eigenvalue weighted by molar-refractivity contribution is 0.281. The third-order valence-corrected chi connectivity index (χ3v) is 2.74. The van der Waals surface area contributed by atoms with Crippen molar-refractivity contribution in [2.24, 2.45) is 0 Å². The van der Waals surface area contributed by atoms with Gasteiger partial charge in [-0.1, -0.05) is 42.5 Å². The maximum absolute atomic E-state index is 5.04. The summed E-state index contributed by atoms with van der Waals surface area (Å²) in [5, 5.41) is 2.47. The Morgan fingerprint density at radius 2 is 1.79 bits per heavy atom. The van der Waals surface area contributed by atoms with E-state index in [1.807, 2.05) is 25.1 Å². The molecule has 0 heterocycles. The minimum atomic E-state index is 0.0180. The van der Waals surface area contributed by atoms with E-state index in [-0.39, 0.29) is 6.10 Å². The van der Waals surface area contributed by atoms with Crippen LogP contribution in [0.4, 0.5) is 0 Å². The second kappa shape index (κ2) is 4.03. The van der Waals surface area contributed by atoms with Gasteiger partial charge in [0.15, 0.2) is 0 Å². The Bertz CT molecular complexity index is 434. The Balaban J connectivity index is 2.65. The van der Waals surface area contributed by atoms with E-state index >= 15 is 0 Å². The monoisotopic (exact) mass is 204 g/mol.